The summed E-state index contributed by atoms with van der Waals surface area (Å²) in [5.74, 6) is -4.18. The average Bonchev–Trinajstić information content (AvgIpc) is 3.56. The van der Waals surface area contributed by atoms with Crippen LogP contribution in [0.25, 0.3) is 5.82 Å². The van der Waals surface area contributed by atoms with Crippen LogP contribution in [0, 0.1) is 11.6 Å². The van der Waals surface area contributed by atoms with E-state index in [1.807, 2.05) is 0 Å². The van der Waals surface area contributed by atoms with Crippen LogP contribution in [0.3, 0.4) is 0 Å². The van der Waals surface area contributed by atoms with Crippen molar-refractivity contribution in [3.8, 4) is 17.3 Å². The van der Waals surface area contributed by atoms with Crippen molar-refractivity contribution in [1.29, 1.82) is 0 Å². The molecule has 8 nitrogen and oxygen atoms in total. The number of carbonyl (C=O) groups excluding carboxylic acids is 1. The van der Waals surface area contributed by atoms with Gasteiger partial charge in [0, 0.05) is 35.8 Å². The second kappa shape index (κ2) is 9.15. The molecule has 3 N–H and O–H groups in total. The molecule has 0 bridgehead atoms. The van der Waals surface area contributed by atoms with Gasteiger partial charge in [-0.25, -0.2) is 23.4 Å². The number of hydrogen-bond acceptors (Lipinski definition) is 6. The van der Waals surface area contributed by atoms with E-state index in [0.29, 0.717) is 16.4 Å². The van der Waals surface area contributed by atoms with Gasteiger partial charge in [0.2, 0.25) is 0 Å². The second-order valence-corrected chi connectivity index (χ2v) is 8.21. The Morgan fingerprint density at radius 1 is 1.08 bits per heavy atom. The number of carbonyl (C=O) groups is 1. The monoisotopic (exact) mass is 516 g/mol. The van der Waals surface area contributed by atoms with Gasteiger partial charge in [-0.1, -0.05) is 6.07 Å². The average molecular weight is 516 g/mol. The first-order valence-corrected chi connectivity index (χ1v) is 10.9. The van der Waals surface area contributed by atoms with Crippen LogP contribution in [0.4, 0.5) is 33.5 Å². The molecule has 1 aromatic carbocycles. The fourth-order valence-corrected chi connectivity index (χ4v) is 3.82. The lowest BCUT2D eigenvalue weighted by Crippen LogP contribution is -2.21. The number of nitrogens with two attached hydrogens (primary N) is 1. The molecule has 3 aromatic heterocycles. The third-order valence-electron chi connectivity index (χ3n) is 5.58. The number of pyridine rings is 2. The molecular weight excluding hydrogens is 499 g/mol. The van der Waals surface area contributed by atoms with Crippen molar-refractivity contribution in [3.05, 3.63) is 83.4 Å². The van der Waals surface area contributed by atoms with Crippen LogP contribution in [-0.2, 0) is 6.18 Å². The highest BCUT2D eigenvalue weighted by Gasteiger charge is 2.41. The van der Waals surface area contributed by atoms with Gasteiger partial charge in [0.1, 0.15) is 11.6 Å². The molecule has 1 fully saturated rings. The minimum atomic E-state index is -4.99. The maximum Gasteiger partial charge on any atom is 0.434 e. The summed E-state index contributed by atoms with van der Waals surface area (Å²) >= 11 is 0. The minimum absolute atomic E-state index is 0.0724. The van der Waals surface area contributed by atoms with E-state index in [9.17, 15) is 26.7 Å². The van der Waals surface area contributed by atoms with Gasteiger partial charge in [-0.15, -0.1) is 0 Å². The molecule has 13 heteroatoms. The molecule has 0 radical (unpaired) electrons. The van der Waals surface area contributed by atoms with Gasteiger partial charge in [-0.3, -0.25) is 4.79 Å². The van der Waals surface area contributed by atoms with Crippen LogP contribution in [0.1, 0.15) is 40.4 Å². The van der Waals surface area contributed by atoms with E-state index in [1.54, 1.807) is 0 Å². The van der Waals surface area contributed by atoms with Gasteiger partial charge in [0.15, 0.2) is 28.9 Å². The molecule has 1 aliphatic carbocycles. The zero-order chi connectivity index (χ0) is 26.3. The summed E-state index contributed by atoms with van der Waals surface area (Å²) in [6.07, 6.45) is -0.0207. The van der Waals surface area contributed by atoms with Gasteiger partial charge in [0.25, 0.3) is 5.91 Å². The Bertz CT molecular complexity index is 1460. The fraction of sp³-hybridized carbons (Fsp3) is 0.167. The summed E-state index contributed by atoms with van der Waals surface area (Å²) in [6.45, 7) is 0. The predicted molar refractivity (Wildman–Crippen MR) is 121 cm³/mol. The number of nitrogens with zero attached hydrogens (tertiary/aromatic N) is 4. The number of ether oxygens (including phenoxy) is 1. The molecule has 3 heterocycles. The number of hydrogen-bond donors (Lipinski definition) is 2. The van der Waals surface area contributed by atoms with Crippen molar-refractivity contribution in [1.82, 2.24) is 19.7 Å². The highest BCUT2D eigenvalue weighted by molar-refractivity contribution is 6.05. The lowest BCUT2D eigenvalue weighted by Gasteiger charge is -2.15. The third-order valence-corrected chi connectivity index (χ3v) is 5.58. The topological polar surface area (TPSA) is 108 Å². The highest BCUT2D eigenvalue weighted by atomic mass is 19.4. The van der Waals surface area contributed by atoms with Gasteiger partial charge in [-0.05, 0) is 37.0 Å². The Balaban J connectivity index is 1.43. The van der Waals surface area contributed by atoms with E-state index in [0.717, 1.165) is 25.0 Å². The number of rotatable bonds is 6. The standard InChI is InChI=1S/C24H17F5N6O2/c25-15-9-13(10-16(26)20(15)37-17-6-8-32-22(30)19(17)12-4-5-12)34-23(36)14-11-33-35(21(14)24(27,28)29)18-3-1-2-7-31-18/h1-3,6-12H,4-5H2,(H2,30,32)(H,34,36). The fourth-order valence-electron chi connectivity index (χ4n) is 3.82. The molecule has 1 saturated carbocycles. The molecule has 0 atom stereocenters. The number of nitrogens with one attached hydrogen (secondary N) is 1. The molecular formula is C24H17F5N6O2. The van der Waals surface area contributed by atoms with Crippen LogP contribution in [0.2, 0.25) is 0 Å². The molecule has 1 amide bonds. The van der Waals surface area contributed by atoms with Crippen LogP contribution >= 0.6 is 0 Å². The number of amides is 1. The Morgan fingerprint density at radius 2 is 1.81 bits per heavy atom. The Kier molecular flexibility index (Phi) is 5.97. The normalized spacial score (nSPS) is 13.4. The predicted octanol–water partition coefficient (Wildman–Crippen LogP) is 5.46. The van der Waals surface area contributed by atoms with Gasteiger partial charge >= 0.3 is 6.18 Å². The van der Waals surface area contributed by atoms with Crippen molar-refractivity contribution in [2.45, 2.75) is 24.9 Å². The quantitative estimate of drug-likeness (QED) is 0.330. The van der Waals surface area contributed by atoms with Crippen LogP contribution in [0.5, 0.6) is 11.5 Å². The molecule has 5 rings (SSSR count). The van der Waals surface area contributed by atoms with E-state index in [4.69, 9.17) is 10.5 Å². The molecule has 0 saturated heterocycles. The SMILES string of the molecule is Nc1nccc(Oc2c(F)cc(NC(=O)c3cnn(-c4ccccn4)c3C(F)(F)F)cc2F)c1C1CC1. The first-order valence-electron chi connectivity index (χ1n) is 10.9. The van der Waals surface area contributed by atoms with Crippen molar-refractivity contribution >= 4 is 17.4 Å². The summed E-state index contributed by atoms with van der Waals surface area (Å²) in [5.41, 5.74) is 3.75. The molecule has 0 unspecified atom stereocenters. The summed E-state index contributed by atoms with van der Waals surface area (Å²) in [4.78, 5) is 20.5. The number of benzene rings is 1. The third kappa shape index (κ3) is 4.79. The first-order chi connectivity index (χ1) is 17.6. The molecule has 0 aliphatic heterocycles. The number of halogens is 5. The summed E-state index contributed by atoms with van der Waals surface area (Å²) in [5, 5.41) is 5.71. The molecule has 190 valence electrons. The van der Waals surface area contributed by atoms with Crippen molar-refractivity contribution in [3.63, 3.8) is 0 Å². The van der Waals surface area contributed by atoms with Crippen molar-refractivity contribution < 1.29 is 31.5 Å². The van der Waals surface area contributed by atoms with Gasteiger partial charge < -0.3 is 15.8 Å². The molecule has 1 aliphatic rings. The van der Waals surface area contributed by atoms with Crippen molar-refractivity contribution in [2.24, 2.45) is 0 Å². The van der Waals surface area contributed by atoms with Crippen LogP contribution in [0.15, 0.2) is 55.0 Å². The summed E-state index contributed by atoms with van der Waals surface area (Å²) in [7, 11) is 0. The number of nitrogen functional groups attached to an aromatic ring is 1. The second-order valence-electron chi connectivity index (χ2n) is 8.21. The first kappa shape index (κ1) is 24.2. The smallest absolute Gasteiger partial charge is 0.434 e. The maximum absolute atomic E-state index is 14.8. The number of anilines is 2. The largest absolute Gasteiger partial charge is 0.451 e. The molecule has 4 aromatic rings. The minimum Gasteiger partial charge on any atom is -0.451 e. The Hall–Kier alpha value is -4.55. The highest BCUT2D eigenvalue weighted by Crippen LogP contribution is 2.47. The summed E-state index contributed by atoms with van der Waals surface area (Å²) < 4.78 is 77.0. The summed E-state index contributed by atoms with van der Waals surface area (Å²) in [6, 6.07) is 7.12. The van der Waals surface area contributed by atoms with E-state index in [2.05, 4.69) is 20.4 Å². The van der Waals surface area contributed by atoms with E-state index in [-0.39, 0.29) is 23.3 Å². The van der Waals surface area contributed by atoms with Gasteiger partial charge in [0.05, 0.1) is 11.8 Å². The molecule has 37 heavy (non-hydrogen) atoms. The molecule has 0 spiro atoms. The number of aromatic nitrogens is 4. The van der Waals surface area contributed by atoms with Crippen molar-refractivity contribution in [2.75, 3.05) is 11.1 Å². The van der Waals surface area contributed by atoms with Crippen LogP contribution < -0.4 is 15.8 Å². The Labute approximate surface area is 205 Å². The van der Waals surface area contributed by atoms with Crippen LogP contribution in [-0.4, -0.2) is 25.7 Å². The van der Waals surface area contributed by atoms with E-state index >= 15 is 0 Å². The lowest BCUT2D eigenvalue weighted by molar-refractivity contribution is -0.143. The number of alkyl halides is 3. The zero-order valence-electron chi connectivity index (χ0n) is 18.8. The van der Waals surface area contributed by atoms with E-state index < -0.39 is 46.4 Å². The van der Waals surface area contributed by atoms with Gasteiger partial charge in [-0.2, -0.15) is 18.3 Å². The Morgan fingerprint density at radius 3 is 2.43 bits per heavy atom. The lowest BCUT2D eigenvalue weighted by atomic mass is 10.1. The van der Waals surface area contributed by atoms with E-state index in [1.165, 1.54) is 36.7 Å². The zero-order valence-corrected chi connectivity index (χ0v) is 18.8. The maximum atomic E-state index is 14.8.